The number of fused-ring (bicyclic) bond motifs is 1. The van der Waals surface area contributed by atoms with E-state index in [1.807, 2.05) is 6.07 Å². The lowest BCUT2D eigenvalue weighted by atomic mass is 9.94. The van der Waals surface area contributed by atoms with Crippen molar-refractivity contribution in [2.45, 2.75) is 38.6 Å². The third-order valence-electron chi connectivity index (χ3n) is 3.87. The van der Waals surface area contributed by atoms with Crippen LogP contribution in [-0.4, -0.2) is 36.5 Å². The Balaban J connectivity index is 2.23. The van der Waals surface area contributed by atoms with Gasteiger partial charge in [-0.25, -0.2) is 0 Å². The number of carbonyl (C=O) groups excluding carboxylic acids is 1. The van der Waals surface area contributed by atoms with Crippen LogP contribution >= 0.6 is 0 Å². The number of hydrogen-bond acceptors (Lipinski definition) is 3. The summed E-state index contributed by atoms with van der Waals surface area (Å²) in [5.41, 5.74) is 8.51. The maximum Gasteiger partial charge on any atom is 0.243 e. The van der Waals surface area contributed by atoms with Gasteiger partial charge in [0.25, 0.3) is 0 Å². The Kier molecular flexibility index (Phi) is 4.16. The molecule has 0 saturated heterocycles. The van der Waals surface area contributed by atoms with Gasteiger partial charge in [-0.1, -0.05) is 13.0 Å². The minimum Gasteiger partial charge on any atom is -0.325 e. The molecule has 1 amide bonds. The van der Waals surface area contributed by atoms with E-state index in [0.29, 0.717) is 5.92 Å². The Morgan fingerprint density at radius 3 is 2.80 bits per heavy atom. The Hall–Kier alpha value is -1.39. The van der Waals surface area contributed by atoms with Crippen molar-refractivity contribution in [3.8, 4) is 0 Å². The highest BCUT2D eigenvalue weighted by Gasteiger charge is 2.23. The number of nitrogens with one attached hydrogen (secondary N) is 1. The minimum atomic E-state index is -0.862. The monoisotopic (exact) mass is 275 g/mol. The molecule has 0 bridgehead atoms. The van der Waals surface area contributed by atoms with Gasteiger partial charge < -0.3 is 16.0 Å². The molecule has 0 radical (unpaired) electrons. The van der Waals surface area contributed by atoms with Gasteiger partial charge in [-0.3, -0.25) is 4.79 Å². The number of hydrogen-bond donors (Lipinski definition) is 2. The quantitative estimate of drug-likeness (QED) is 0.867. The fourth-order valence-corrected chi connectivity index (χ4v) is 2.62. The molecular formula is C16H25N3O. The second-order valence-corrected chi connectivity index (χ2v) is 6.50. The number of nitrogens with zero attached hydrogens (tertiary/aromatic N) is 1. The fourth-order valence-electron chi connectivity index (χ4n) is 2.62. The summed E-state index contributed by atoms with van der Waals surface area (Å²) in [6, 6.07) is 6.20. The Morgan fingerprint density at radius 1 is 1.45 bits per heavy atom. The van der Waals surface area contributed by atoms with Gasteiger partial charge in [0.1, 0.15) is 0 Å². The summed E-state index contributed by atoms with van der Waals surface area (Å²) < 4.78 is 0. The van der Waals surface area contributed by atoms with Crippen LogP contribution < -0.4 is 11.1 Å². The number of likely N-dealkylation sites (N-methyl/N-ethyl adjacent to an activating group) is 1. The van der Waals surface area contributed by atoms with Crippen LogP contribution in [0.1, 0.15) is 37.8 Å². The zero-order valence-corrected chi connectivity index (χ0v) is 12.9. The van der Waals surface area contributed by atoms with E-state index < -0.39 is 5.54 Å². The zero-order chi connectivity index (χ0) is 14.9. The smallest absolute Gasteiger partial charge is 0.243 e. The molecule has 1 aliphatic rings. The minimum absolute atomic E-state index is 0.157. The van der Waals surface area contributed by atoms with E-state index in [2.05, 4.69) is 36.3 Å². The molecule has 0 spiro atoms. The van der Waals surface area contributed by atoms with Crippen LogP contribution in [0.3, 0.4) is 0 Å². The molecule has 0 aromatic heterocycles. The largest absolute Gasteiger partial charge is 0.325 e. The van der Waals surface area contributed by atoms with Crippen molar-refractivity contribution in [1.82, 2.24) is 4.90 Å². The molecule has 2 rings (SSSR count). The predicted molar refractivity (Wildman–Crippen MR) is 83.0 cm³/mol. The lowest BCUT2D eigenvalue weighted by Gasteiger charge is -2.20. The van der Waals surface area contributed by atoms with Crippen LogP contribution in [0.2, 0.25) is 0 Å². The second-order valence-electron chi connectivity index (χ2n) is 6.50. The Bertz CT molecular complexity index is 505. The molecule has 3 N–H and O–H groups in total. The van der Waals surface area contributed by atoms with E-state index in [0.717, 1.165) is 25.2 Å². The molecule has 20 heavy (non-hydrogen) atoms. The average molecular weight is 275 g/mol. The number of benzene rings is 1. The number of rotatable bonds is 2. The normalized spacial score (nSPS) is 20.1. The van der Waals surface area contributed by atoms with E-state index in [1.54, 1.807) is 13.8 Å². The van der Waals surface area contributed by atoms with E-state index in [-0.39, 0.29) is 5.91 Å². The topological polar surface area (TPSA) is 58.4 Å². The summed E-state index contributed by atoms with van der Waals surface area (Å²) in [5.74, 6) is 0.316. The maximum absolute atomic E-state index is 12.0. The molecule has 1 aromatic rings. The van der Waals surface area contributed by atoms with Crippen LogP contribution in [0.5, 0.6) is 0 Å². The van der Waals surface area contributed by atoms with Crippen LogP contribution in [0.25, 0.3) is 0 Å². The number of anilines is 1. The van der Waals surface area contributed by atoms with Gasteiger partial charge in [0.05, 0.1) is 5.54 Å². The summed E-state index contributed by atoms with van der Waals surface area (Å²) >= 11 is 0. The van der Waals surface area contributed by atoms with Crippen LogP contribution in [0, 0.1) is 0 Å². The van der Waals surface area contributed by atoms with Crippen molar-refractivity contribution >= 4 is 11.6 Å². The Morgan fingerprint density at radius 2 is 2.15 bits per heavy atom. The lowest BCUT2D eigenvalue weighted by Crippen LogP contribution is -2.45. The Labute approximate surface area is 121 Å². The highest BCUT2D eigenvalue weighted by atomic mass is 16.2. The molecule has 1 heterocycles. The summed E-state index contributed by atoms with van der Waals surface area (Å²) in [5, 5.41) is 2.91. The fraction of sp³-hybridized carbons (Fsp3) is 0.562. The van der Waals surface area contributed by atoms with Crippen LogP contribution in [0.4, 0.5) is 5.69 Å². The predicted octanol–water partition coefficient (Wildman–Crippen LogP) is 1.95. The average Bonchev–Trinajstić information content (AvgIpc) is 2.48. The second kappa shape index (κ2) is 5.54. The first kappa shape index (κ1) is 15.0. The van der Waals surface area contributed by atoms with E-state index >= 15 is 0 Å². The maximum atomic E-state index is 12.0. The zero-order valence-electron chi connectivity index (χ0n) is 12.9. The molecule has 110 valence electrons. The van der Waals surface area contributed by atoms with Crippen molar-refractivity contribution in [1.29, 1.82) is 0 Å². The van der Waals surface area contributed by atoms with Gasteiger partial charge in [-0.15, -0.1) is 0 Å². The third kappa shape index (κ3) is 3.38. The van der Waals surface area contributed by atoms with Crippen molar-refractivity contribution in [3.05, 3.63) is 29.3 Å². The van der Waals surface area contributed by atoms with E-state index in [9.17, 15) is 4.79 Å². The summed E-state index contributed by atoms with van der Waals surface area (Å²) in [6.45, 7) is 7.79. The van der Waals surface area contributed by atoms with Crippen molar-refractivity contribution < 1.29 is 4.79 Å². The first-order chi connectivity index (χ1) is 9.27. The highest BCUT2D eigenvalue weighted by Crippen LogP contribution is 2.27. The van der Waals surface area contributed by atoms with Crippen molar-refractivity contribution in [2.75, 3.05) is 25.5 Å². The summed E-state index contributed by atoms with van der Waals surface area (Å²) in [4.78, 5) is 14.3. The number of nitrogens with two attached hydrogens (primary N) is 1. The molecule has 1 aliphatic heterocycles. The van der Waals surface area contributed by atoms with Gasteiger partial charge in [0.2, 0.25) is 5.91 Å². The van der Waals surface area contributed by atoms with Gasteiger partial charge in [-0.05, 0) is 56.5 Å². The number of carbonyl (C=O) groups is 1. The van der Waals surface area contributed by atoms with Crippen molar-refractivity contribution in [3.63, 3.8) is 0 Å². The van der Waals surface area contributed by atoms with E-state index in [1.165, 1.54) is 11.1 Å². The molecule has 1 aromatic carbocycles. The highest BCUT2D eigenvalue weighted by molar-refractivity contribution is 5.97. The molecule has 4 heteroatoms. The van der Waals surface area contributed by atoms with Crippen LogP contribution in [-0.2, 0) is 11.2 Å². The molecule has 0 saturated carbocycles. The van der Waals surface area contributed by atoms with Gasteiger partial charge in [-0.2, -0.15) is 0 Å². The molecular weight excluding hydrogens is 250 g/mol. The molecule has 0 fully saturated rings. The molecule has 1 atom stereocenters. The van der Waals surface area contributed by atoms with Gasteiger partial charge in [0.15, 0.2) is 0 Å². The molecule has 0 aliphatic carbocycles. The van der Waals surface area contributed by atoms with Gasteiger partial charge in [0, 0.05) is 18.8 Å². The molecule has 4 nitrogen and oxygen atoms in total. The molecule has 1 unspecified atom stereocenters. The first-order valence-electron chi connectivity index (χ1n) is 7.19. The summed E-state index contributed by atoms with van der Waals surface area (Å²) in [6.07, 6.45) is 1.06. The lowest BCUT2D eigenvalue weighted by molar-refractivity contribution is -0.120. The standard InChI is InChI=1S/C16H25N3O/c1-11-10-19(4)8-7-12-5-6-13(9-14(11)12)18-15(20)16(2,3)17/h5-6,9,11H,7-8,10,17H2,1-4H3,(H,18,20). The number of amides is 1. The first-order valence-corrected chi connectivity index (χ1v) is 7.19. The third-order valence-corrected chi connectivity index (χ3v) is 3.87. The summed E-state index contributed by atoms with van der Waals surface area (Å²) in [7, 11) is 2.15. The SMILES string of the molecule is CC1CN(C)CCc2ccc(NC(=O)C(C)(C)N)cc21. The van der Waals surface area contributed by atoms with E-state index in [4.69, 9.17) is 5.73 Å². The van der Waals surface area contributed by atoms with Crippen molar-refractivity contribution in [2.24, 2.45) is 5.73 Å². The van der Waals surface area contributed by atoms with Crippen LogP contribution in [0.15, 0.2) is 18.2 Å². The van der Waals surface area contributed by atoms with Gasteiger partial charge >= 0.3 is 0 Å².